The van der Waals surface area contributed by atoms with Crippen molar-refractivity contribution in [2.45, 2.75) is 19.0 Å². The summed E-state index contributed by atoms with van der Waals surface area (Å²) in [5, 5.41) is 4.20. The van der Waals surface area contributed by atoms with Crippen LogP contribution in [-0.4, -0.2) is 21.7 Å². The number of rotatable bonds is 5. The summed E-state index contributed by atoms with van der Waals surface area (Å²) in [6.07, 6.45) is -2.38. The molecule has 9 heteroatoms. The van der Waals surface area contributed by atoms with Crippen molar-refractivity contribution >= 4 is 22.4 Å². The van der Waals surface area contributed by atoms with E-state index in [1.54, 1.807) is 25.3 Å². The number of alkyl halides is 3. The predicted molar refractivity (Wildman–Crippen MR) is 108 cm³/mol. The minimum atomic E-state index is -4.41. The number of para-hydroxylation sites is 1. The monoisotopic (exact) mass is 431 g/mol. The molecule has 0 fully saturated rings. The van der Waals surface area contributed by atoms with Gasteiger partial charge in [-0.05, 0) is 30.2 Å². The number of hydrogen-bond acceptors (Lipinski definition) is 5. The van der Waals surface area contributed by atoms with E-state index >= 15 is 0 Å². The van der Waals surface area contributed by atoms with Gasteiger partial charge in [-0.15, -0.1) is 5.10 Å². The maximum atomic E-state index is 13.1. The molecule has 0 spiro atoms. The fraction of sp³-hybridized carbons (Fsp3) is 0.190. The van der Waals surface area contributed by atoms with Gasteiger partial charge in [-0.1, -0.05) is 47.7 Å². The lowest BCUT2D eigenvalue weighted by molar-refractivity contribution is -0.138. The second kappa shape index (κ2) is 7.91. The first-order valence-electron chi connectivity index (χ1n) is 9.05. The molecule has 0 aliphatic rings. The maximum Gasteiger partial charge on any atom is 0.416 e. The van der Waals surface area contributed by atoms with Gasteiger partial charge in [0.15, 0.2) is 5.82 Å². The SMILES string of the molecule is COc1ccccc1/C=c1\sc2nc(CCc3ccccc3C(F)(F)F)nn2c1=O. The smallest absolute Gasteiger partial charge is 0.416 e. The standard InChI is InChI=1S/C21H16F3N3O2S/c1-29-16-9-5-3-7-14(16)12-17-19(28)27-20(30-17)25-18(26-27)11-10-13-6-2-4-8-15(13)21(22,23)24/h2-9,12H,10-11H2,1H3/b17-12-. The van der Waals surface area contributed by atoms with Crippen molar-refractivity contribution in [1.82, 2.24) is 14.6 Å². The van der Waals surface area contributed by atoms with Crippen molar-refractivity contribution in [3.8, 4) is 5.75 Å². The van der Waals surface area contributed by atoms with Gasteiger partial charge in [0, 0.05) is 12.0 Å². The molecule has 5 nitrogen and oxygen atoms in total. The van der Waals surface area contributed by atoms with Crippen LogP contribution in [0.25, 0.3) is 11.0 Å². The van der Waals surface area contributed by atoms with Crippen LogP contribution in [0.5, 0.6) is 5.75 Å². The Morgan fingerprint density at radius 2 is 1.83 bits per heavy atom. The van der Waals surface area contributed by atoms with E-state index in [9.17, 15) is 18.0 Å². The molecule has 2 aromatic heterocycles. The minimum absolute atomic E-state index is 0.127. The second-order valence-electron chi connectivity index (χ2n) is 6.54. The minimum Gasteiger partial charge on any atom is -0.496 e. The highest BCUT2D eigenvalue weighted by Crippen LogP contribution is 2.32. The van der Waals surface area contributed by atoms with Crippen molar-refractivity contribution in [3.63, 3.8) is 0 Å². The Morgan fingerprint density at radius 1 is 1.10 bits per heavy atom. The highest BCUT2D eigenvalue weighted by Gasteiger charge is 2.32. The molecule has 0 atom stereocenters. The van der Waals surface area contributed by atoms with Gasteiger partial charge in [-0.2, -0.15) is 17.7 Å². The molecule has 4 aromatic rings. The van der Waals surface area contributed by atoms with Gasteiger partial charge in [-0.3, -0.25) is 4.79 Å². The Hall–Kier alpha value is -3.20. The first kappa shape index (κ1) is 20.1. The van der Waals surface area contributed by atoms with Crippen LogP contribution in [0.4, 0.5) is 13.2 Å². The van der Waals surface area contributed by atoms with Gasteiger partial charge in [0.1, 0.15) is 5.75 Å². The molecular weight excluding hydrogens is 415 g/mol. The van der Waals surface area contributed by atoms with E-state index in [-0.39, 0.29) is 24.0 Å². The fourth-order valence-electron chi connectivity index (χ4n) is 3.17. The number of nitrogens with zero attached hydrogens (tertiary/aromatic N) is 3. The number of ether oxygens (including phenoxy) is 1. The Kier molecular flexibility index (Phi) is 5.29. The zero-order valence-corrected chi connectivity index (χ0v) is 16.6. The lowest BCUT2D eigenvalue weighted by atomic mass is 10.0. The summed E-state index contributed by atoms with van der Waals surface area (Å²) >= 11 is 1.17. The van der Waals surface area contributed by atoms with Crippen molar-refractivity contribution in [2.24, 2.45) is 0 Å². The van der Waals surface area contributed by atoms with Crippen molar-refractivity contribution in [1.29, 1.82) is 0 Å². The molecule has 0 saturated heterocycles. The molecule has 0 radical (unpaired) electrons. The summed E-state index contributed by atoms with van der Waals surface area (Å²) < 4.78 is 46.3. The highest BCUT2D eigenvalue weighted by atomic mass is 32.1. The summed E-state index contributed by atoms with van der Waals surface area (Å²) in [6.45, 7) is 0. The molecule has 2 heterocycles. The first-order chi connectivity index (χ1) is 14.4. The quantitative estimate of drug-likeness (QED) is 0.485. The van der Waals surface area contributed by atoms with Gasteiger partial charge in [-0.25, -0.2) is 4.98 Å². The molecule has 4 rings (SSSR count). The lowest BCUT2D eigenvalue weighted by Crippen LogP contribution is -2.24. The van der Waals surface area contributed by atoms with Crippen molar-refractivity contribution in [3.05, 3.63) is 85.9 Å². The normalized spacial score (nSPS) is 12.6. The number of hydrogen-bond donors (Lipinski definition) is 0. The zero-order chi connectivity index (χ0) is 21.3. The number of fused-ring (bicyclic) bond motifs is 1. The lowest BCUT2D eigenvalue weighted by Gasteiger charge is -2.11. The van der Waals surface area contributed by atoms with Crippen LogP contribution in [0.15, 0.2) is 53.3 Å². The first-order valence-corrected chi connectivity index (χ1v) is 9.87. The Morgan fingerprint density at radius 3 is 2.57 bits per heavy atom. The third-order valence-corrected chi connectivity index (χ3v) is 5.55. The molecular formula is C21H16F3N3O2S. The van der Waals surface area contributed by atoms with Crippen LogP contribution in [0, 0.1) is 0 Å². The number of halogens is 3. The maximum absolute atomic E-state index is 13.1. The van der Waals surface area contributed by atoms with Crippen LogP contribution in [0.1, 0.15) is 22.5 Å². The molecule has 30 heavy (non-hydrogen) atoms. The van der Waals surface area contributed by atoms with Crippen molar-refractivity contribution < 1.29 is 17.9 Å². The van der Waals surface area contributed by atoms with E-state index in [0.29, 0.717) is 21.1 Å². The molecule has 2 aromatic carbocycles. The van der Waals surface area contributed by atoms with Gasteiger partial charge >= 0.3 is 6.18 Å². The summed E-state index contributed by atoms with van der Waals surface area (Å²) in [5.41, 5.74) is -0.0548. The van der Waals surface area contributed by atoms with E-state index in [2.05, 4.69) is 10.1 Å². The van der Waals surface area contributed by atoms with Crippen LogP contribution < -0.4 is 14.8 Å². The molecule has 0 aliphatic heterocycles. The molecule has 0 N–H and O–H groups in total. The molecule has 0 aliphatic carbocycles. The summed E-state index contributed by atoms with van der Waals surface area (Å²) in [7, 11) is 1.55. The Labute approximate surface area is 173 Å². The largest absolute Gasteiger partial charge is 0.496 e. The third kappa shape index (κ3) is 3.93. The summed E-state index contributed by atoms with van der Waals surface area (Å²) in [5.74, 6) is 0.971. The summed E-state index contributed by atoms with van der Waals surface area (Å²) in [6, 6.07) is 12.7. The van der Waals surface area contributed by atoms with Crippen molar-refractivity contribution in [2.75, 3.05) is 7.11 Å². The third-order valence-electron chi connectivity index (χ3n) is 4.59. The van der Waals surface area contributed by atoms with Crippen LogP contribution in [-0.2, 0) is 19.0 Å². The Bertz CT molecular complexity index is 1310. The van der Waals surface area contributed by atoms with Gasteiger partial charge in [0.2, 0.25) is 4.96 Å². The van der Waals surface area contributed by atoms with E-state index < -0.39 is 11.7 Å². The molecule has 0 saturated carbocycles. The average molecular weight is 431 g/mol. The van der Waals surface area contributed by atoms with Gasteiger partial charge in [0.25, 0.3) is 5.56 Å². The number of thiazole rings is 1. The Balaban J connectivity index is 1.61. The molecule has 0 unspecified atom stereocenters. The van der Waals surface area contributed by atoms with Crippen LogP contribution >= 0.6 is 11.3 Å². The average Bonchev–Trinajstić information content (AvgIpc) is 3.25. The molecule has 154 valence electrons. The topological polar surface area (TPSA) is 56.5 Å². The van der Waals surface area contributed by atoms with Crippen LogP contribution in [0.3, 0.4) is 0 Å². The molecule has 0 amide bonds. The zero-order valence-electron chi connectivity index (χ0n) is 15.8. The van der Waals surface area contributed by atoms with Crippen LogP contribution in [0.2, 0.25) is 0 Å². The van der Waals surface area contributed by atoms with E-state index in [0.717, 1.165) is 11.6 Å². The number of aryl methyl sites for hydroxylation is 2. The van der Waals surface area contributed by atoms with E-state index in [1.807, 2.05) is 18.2 Å². The van der Waals surface area contributed by atoms with Gasteiger partial charge < -0.3 is 4.74 Å². The second-order valence-corrected chi connectivity index (χ2v) is 7.54. The summed E-state index contributed by atoms with van der Waals surface area (Å²) in [4.78, 5) is 17.4. The molecule has 0 bridgehead atoms. The highest BCUT2D eigenvalue weighted by molar-refractivity contribution is 7.15. The van der Waals surface area contributed by atoms with Gasteiger partial charge in [0.05, 0.1) is 17.2 Å². The van der Waals surface area contributed by atoms with E-state index in [4.69, 9.17) is 4.74 Å². The predicted octanol–water partition coefficient (Wildman–Crippen LogP) is 3.51. The number of benzene rings is 2. The number of aromatic nitrogens is 3. The fourth-order valence-corrected chi connectivity index (χ4v) is 4.09. The number of methoxy groups -OCH3 is 1. The van der Waals surface area contributed by atoms with E-state index in [1.165, 1.54) is 28.0 Å².